The number of fused-ring (bicyclic) bond motifs is 5. The van der Waals surface area contributed by atoms with Crippen LogP contribution in [0.15, 0.2) is 36.5 Å². The van der Waals surface area contributed by atoms with E-state index in [1.165, 1.54) is 5.56 Å². The molecule has 0 radical (unpaired) electrons. The quantitative estimate of drug-likeness (QED) is 0.827. The molecule has 3 saturated heterocycles. The van der Waals surface area contributed by atoms with Gasteiger partial charge in [0.2, 0.25) is 11.8 Å². The molecule has 142 valence electrons. The number of benzene rings is 1. The Balaban J connectivity index is 1.50. The molecule has 0 saturated carbocycles. The lowest BCUT2D eigenvalue weighted by atomic mass is 9.94. The first-order chi connectivity index (χ1) is 13.0. The van der Waals surface area contributed by atoms with Gasteiger partial charge in [0.1, 0.15) is 6.54 Å². The van der Waals surface area contributed by atoms with Crippen molar-refractivity contribution in [2.75, 3.05) is 33.7 Å². The van der Waals surface area contributed by atoms with Crippen LogP contribution >= 0.6 is 0 Å². The monoisotopic (exact) mass is 366 g/mol. The predicted octanol–water partition coefficient (Wildman–Crippen LogP) is 1.75. The van der Waals surface area contributed by atoms with Crippen molar-refractivity contribution < 1.29 is 9.59 Å². The molecular weight excluding hydrogens is 340 g/mol. The van der Waals surface area contributed by atoms with Crippen molar-refractivity contribution >= 4 is 22.7 Å². The standard InChI is InChI=1S/C21H26N4O2/c1-23(2)20(26)14-25-18-7-6-17(21(25)27)12-24(13-18)11-15-5-8-19-16(10-15)4-3-9-22-19/h3-5,8-10,17-18H,6-7,11-14H2,1-2H3/t17-,18+/m1/s1. The number of rotatable bonds is 4. The molecule has 0 unspecified atom stereocenters. The minimum Gasteiger partial charge on any atom is -0.347 e. The number of carbonyl (C=O) groups is 2. The lowest BCUT2D eigenvalue weighted by Gasteiger charge is -2.36. The van der Waals surface area contributed by atoms with Crippen molar-refractivity contribution in [3.05, 3.63) is 42.1 Å². The molecule has 0 aliphatic carbocycles. The predicted molar refractivity (Wildman–Crippen MR) is 104 cm³/mol. The zero-order valence-electron chi connectivity index (χ0n) is 16.0. The summed E-state index contributed by atoms with van der Waals surface area (Å²) in [5, 5.41) is 1.14. The lowest BCUT2D eigenvalue weighted by molar-refractivity contribution is -0.145. The number of pyridine rings is 1. The number of carbonyl (C=O) groups excluding carboxylic acids is 2. The number of nitrogens with zero attached hydrogens (tertiary/aromatic N) is 4. The molecule has 1 aromatic carbocycles. The Kier molecular flexibility index (Phi) is 4.83. The number of likely N-dealkylation sites (N-methyl/N-ethyl adjacent to an activating group) is 1. The second-order valence-corrected chi connectivity index (χ2v) is 7.91. The second kappa shape index (κ2) is 7.27. The topological polar surface area (TPSA) is 56.8 Å². The zero-order valence-corrected chi connectivity index (χ0v) is 16.0. The van der Waals surface area contributed by atoms with Gasteiger partial charge in [-0.05, 0) is 36.6 Å². The van der Waals surface area contributed by atoms with Crippen LogP contribution in [0.1, 0.15) is 18.4 Å². The molecule has 4 heterocycles. The lowest BCUT2D eigenvalue weighted by Crippen LogP contribution is -2.51. The summed E-state index contributed by atoms with van der Waals surface area (Å²) in [5.41, 5.74) is 2.24. The van der Waals surface area contributed by atoms with Crippen molar-refractivity contribution in [2.45, 2.75) is 25.4 Å². The molecule has 3 aliphatic rings. The largest absolute Gasteiger partial charge is 0.347 e. The van der Waals surface area contributed by atoms with Gasteiger partial charge in [-0.15, -0.1) is 0 Å². The van der Waals surface area contributed by atoms with E-state index in [0.29, 0.717) is 0 Å². The summed E-state index contributed by atoms with van der Waals surface area (Å²) in [6.45, 7) is 2.62. The van der Waals surface area contributed by atoms with Crippen molar-refractivity contribution in [1.29, 1.82) is 0 Å². The third kappa shape index (κ3) is 3.67. The zero-order chi connectivity index (χ0) is 19.0. The van der Waals surface area contributed by atoms with Gasteiger partial charge >= 0.3 is 0 Å². The highest BCUT2D eigenvalue weighted by atomic mass is 16.2. The molecular formula is C21H26N4O2. The highest BCUT2D eigenvalue weighted by Gasteiger charge is 2.41. The molecule has 0 spiro atoms. The van der Waals surface area contributed by atoms with Crippen molar-refractivity contribution in [3.8, 4) is 0 Å². The Hall–Kier alpha value is -2.47. The molecule has 1 aromatic heterocycles. The first-order valence-corrected chi connectivity index (χ1v) is 9.58. The highest BCUT2D eigenvalue weighted by Crippen LogP contribution is 2.30. The van der Waals surface area contributed by atoms with Gasteiger partial charge in [-0.1, -0.05) is 12.1 Å². The fourth-order valence-electron chi connectivity index (χ4n) is 4.24. The molecule has 5 rings (SSSR count). The summed E-state index contributed by atoms with van der Waals surface area (Å²) in [7, 11) is 3.48. The SMILES string of the molecule is CN(C)C(=O)CN1C(=O)[C@@H]2CC[C@H]1CN(Cc1ccc3ncccc3c1)C2. The van der Waals surface area contributed by atoms with E-state index in [-0.39, 0.29) is 30.3 Å². The normalized spacial score (nSPS) is 22.9. The minimum absolute atomic E-state index is 0.000773. The molecule has 3 aliphatic heterocycles. The molecule has 2 bridgehead atoms. The van der Waals surface area contributed by atoms with Crippen LogP contribution in [0.4, 0.5) is 0 Å². The Morgan fingerprint density at radius 2 is 2.07 bits per heavy atom. The van der Waals surface area contributed by atoms with E-state index in [9.17, 15) is 9.59 Å². The third-order valence-electron chi connectivity index (χ3n) is 5.75. The van der Waals surface area contributed by atoms with Crippen molar-refractivity contribution in [3.63, 3.8) is 0 Å². The summed E-state index contributed by atoms with van der Waals surface area (Å²) in [6, 6.07) is 10.5. The Bertz CT molecular complexity index is 866. The van der Waals surface area contributed by atoms with Crippen molar-refractivity contribution in [1.82, 2.24) is 19.7 Å². The molecule has 3 fully saturated rings. The van der Waals surface area contributed by atoms with Crippen molar-refractivity contribution in [2.24, 2.45) is 5.92 Å². The number of hydrogen-bond acceptors (Lipinski definition) is 4. The first-order valence-electron chi connectivity index (χ1n) is 9.58. The van der Waals surface area contributed by atoms with Crippen LogP contribution in [0.25, 0.3) is 10.9 Å². The maximum Gasteiger partial charge on any atom is 0.241 e. The Morgan fingerprint density at radius 3 is 2.89 bits per heavy atom. The van der Waals surface area contributed by atoms with Gasteiger partial charge in [0.15, 0.2) is 0 Å². The van der Waals surface area contributed by atoms with Gasteiger partial charge in [-0.25, -0.2) is 0 Å². The summed E-state index contributed by atoms with van der Waals surface area (Å²) in [5.74, 6) is 0.136. The van der Waals surface area contributed by atoms with E-state index >= 15 is 0 Å². The fraction of sp³-hybridized carbons (Fsp3) is 0.476. The van der Waals surface area contributed by atoms with Crippen LogP contribution < -0.4 is 0 Å². The maximum absolute atomic E-state index is 12.9. The Morgan fingerprint density at radius 1 is 1.22 bits per heavy atom. The van der Waals surface area contributed by atoms with E-state index in [2.05, 4.69) is 34.1 Å². The van der Waals surface area contributed by atoms with E-state index in [1.54, 1.807) is 19.0 Å². The van der Waals surface area contributed by atoms with Crippen LogP contribution in [-0.2, 0) is 16.1 Å². The number of aromatic nitrogens is 1. The smallest absolute Gasteiger partial charge is 0.241 e. The minimum atomic E-state index is -0.00974. The van der Waals surface area contributed by atoms with Crippen LogP contribution in [0, 0.1) is 5.92 Å². The average molecular weight is 366 g/mol. The third-order valence-corrected chi connectivity index (χ3v) is 5.75. The van der Waals surface area contributed by atoms with Gasteiger partial charge in [0.05, 0.1) is 11.4 Å². The summed E-state index contributed by atoms with van der Waals surface area (Å²) >= 11 is 0. The van der Waals surface area contributed by atoms with Gasteiger partial charge in [-0.2, -0.15) is 0 Å². The van der Waals surface area contributed by atoms with E-state index in [1.807, 2.05) is 17.2 Å². The number of hydrogen-bond donors (Lipinski definition) is 0. The maximum atomic E-state index is 12.9. The number of amides is 2. The summed E-state index contributed by atoms with van der Waals surface area (Å²) in [4.78, 5) is 35.1. The highest BCUT2D eigenvalue weighted by molar-refractivity contribution is 5.87. The molecule has 2 aromatic rings. The molecule has 2 amide bonds. The Labute approximate surface area is 159 Å². The molecule has 6 heteroatoms. The fourth-order valence-corrected chi connectivity index (χ4v) is 4.24. The average Bonchev–Trinajstić information content (AvgIpc) is 2.93. The van der Waals surface area contributed by atoms with Crippen LogP contribution in [0.5, 0.6) is 0 Å². The van der Waals surface area contributed by atoms with E-state index < -0.39 is 0 Å². The van der Waals surface area contributed by atoms with E-state index in [0.717, 1.165) is 43.4 Å². The van der Waals surface area contributed by atoms with Crippen LogP contribution in [0.2, 0.25) is 0 Å². The van der Waals surface area contributed by atoms with Gasteiger partial charge < -0.3 is 9.80 Å². The van der Waals surface area contributed by atoms with Gasteiger partial charge in [0.25, 0.3) is 0 Å². The van der Waals surface area contributed by atoms with Crippen LogP contribution in [0.3, 0.4) is 0 Å². The van der Waals surface area contributed by atoms with Gasteiger partial charge in [0, 0.05) is 51.4 Å². The molecule has 27 heavy (non-hydrogen) atoms. The van der Waals surface area contributed by atoms with E-state index in [4.69, 9.17) is 0 Å². The summed E-state index contributed by atoms with van der Waals surface area (Å²) < 4.78 is 0. The van der Waals surface area contributed by atoms with Gasteiger partial charge in [-0.3, -0.25) is 19.5 Å². The number of piperidine rings is 1. The summed E-state index contributed by atoms with van der Waals surface area (Å²) in [6.07, 6.45) is 3.72. The first kappa shape index (κ1) is 17.9. The molecule has 6 nitrogen and oxygen atoms in total. The molecule has 2 atom stereocenters. The van der Waals surface area contributed by atoms with Crippen LogP contribution in [-0.4, -0.2) is 71.3 Å². The molecule has 0 N–H and O–H groups in total. The second-order valence-electron chi connectivity index (χ2n) is 7.91.